The first-order valence-electron chi connectivity index (χ1n) is 6.70. The second-order valence-corrected chi connectivity index (χ2v) is 5.86. The molecule has 5 heteroatoms. The third-order valence-corrected chi connectivity index (χ3v) is 4.26. The average Bonchev–Trinajstić information content (AvgIpc) is 3.10. The second-order valence-electron chi connectivity index (χ2n) is 4.66. The van der Waals surface area contributed by atoms with Crippen molar-refractivity contribution in [2.45, 2.75) is 39.2 Å². The summed E-state index contributed by atoms with van der Waals surface area (Å²) in [5, 5.41) is 7.77. The standard InChI is InChI=1S/C13H22N4S/c1-3-11-8-16-12(18-11)9-17-13(14-2)15-7-6-10-4-5-10/h8,10H,3-7,9H2,1-2H3,(H2,14,15,17). The number of rotatable bonds is 6. The first-order chi connectivity index (χ1) is 8.81. The quantitative estimate of drug-likeness (QED) is 0.613. The van der Waals surface area contributed by atoms with Gasteiger partial charge in [0, 0.05) is 24.7 Å². The summed E-state index contributed by atoms with van der Waals surface area (Å²) in [6.45, 7) is 3.93. The molecule has 1 fully saturated rings. The van der Waals surface area contributed by atoms with Crippen LogP contribution in [0.1, 0.15) is 36.1 Å². The SMILES string of the molecule is CCc1cnc(CNC(=NC)NCCC2CC2)s1. The second kappa shape index (κ2) is 6.73. The Morgan fingerprint density at radius 1 is 1.50 bits per heavy atom. The largest absolute Gasteiger partial charge is 0.356 e. The van der Waals surface area contributed by atoms with Crippen LogP contribution in [0.2, 0.25) is 0 Å². The van der Waals surface area contributed by atoms with Crippen molar-refractivity contribution in [1.29, 1.82) is 0 Å². The van der Waals surface area contributed by atoms with Gasteiger partial charge in [-0.1, -0.05) is 19.8 Å². The molecular formula is C13H22N4S. The molecule has 0 saturated heterocycles. The minimum atomic E-state index is 0.758. The van der Waals surface area contributed by atoms with Gasteiger partial charge in [0.25, 0.3) is 0 Å². The molecule has 0 atom stereocenters. The molecule has 0 amide bonds. The van der Waals surface area contributed by atoms with Crippen LogP contribution in [0.3, 0.4) is 0 Å². The highest BCUT2D eigenvalue weighted by atomic mass is 32.1. The van der Waals surface area contributed by atoms with E-state index in [1.54, 1.807) is 11.3 Å². The van der Waals surface area contributed by atoms with E-state index < -0.39 is 0 Å². The first-order valence-corrected chi connectivity index (χ1v) is 7.51. The van der Waals surface area contributed by atoms with Gasteiger partial charge in [-0.25, -0.2) is 4.98 Å². The van der Waals surface area contributed by atoms with Gasteiger partial charge in [0.15, 0.2) is 5.96 Å². The van der Waals surface area contributed by atoms with E-state index in [4.69, 9.17) is 0 Å². The number of nitrogens with zero attached hydrogens (tertiary/aromatic N) is 2. The third-order valence-electron chi connectivity index (χ3n) is 3.12. The number of hydrogen-bond acceptors (Lipinski definition) is 3. The lowest BCUT2D eigenvalue weighted by Gasteiger charge is -2.10. The fraction of sp³-hybridized carbons (Fsp3) is 0.692. The third kappa shape index (κ3) is 4.29. The number of hydrogen-bond donors (Lipinski definition) is 2. The maximum absolute atomic E-state index is 4.39. The van der Waals surface area contributed by atoms with Gasteiger partial charge in [0.1, 0.15) is 5.01 Å². The molecular weight excluding hydrogens is 244 g/mol. The van der Waals surface area contributed by atoms with Gasteiger partial charge in [-0.15, -0.1) is 11.3 Å². The molecule has 18 heavy (non-hydrogen) atoms. The Hall–Kier alpha value is -1.10. The fourth-order valence-electron chi connectivity index (χ4n) is 1.77. The zero-order valence-electron chi connectivity index (χ0n) is 11.2. The molecule has 1 aliphatic rings. The van der Waals surface area contributed by atoms with Crippen LogP contribution >= 0.6 is 11.3 Å². The highest BCUT2D eigenvalue weighted by molar-refractivity contribution is 7.11. The molecule has 0 unspecified atom stereocenters. The number of thiazole rings is 1. The van der Waals surface area contributed by atoms with Crippen LogP contribution in [-0.4, -0.2) is 24.5 Å². The summed E-state index contributed by atoms with van der Waals surface area (Å²) in [6, 6.07) is 0. The molecule has 1 aromatic heterocycles. The summed E-state index contributed by atoms with van der Waals surface area (Å²) in [6.07, 6.45) is 7.11. The topological polar surface area (TPSA) is 49.3 Å². The van der Waals surface area contributed by atoms with Crippen LogP contribution in [0.25, 0.3) is 0 Å². The van der Waals surface area contributed by atoms with Gasteiger partial charge >= 0.3 is 0 Å². The molecule has 0 aromatic carbocycles. The first kappa shape index (κ1) is 13.3. The minimum Gasteiger partial charge on any atom is -0.356 e. The Bertz CT molecular complexity index is 395. The van der Waals surface area contributed by atoms with Gasteiger partial charge in [-0.3, -0.25) is 4.99 Å². The summed E-state index contributed by atoms with van der Waals surface area (Å²) >= 11 is 1.77. The van der Waals surface area contributed by atoms with E-state index >= 15 is 0 Å². The molecule has 1 aromatic rings. The number of guanidine groups is 1. The van der Waals surface area contributed by atoms with Gasteiger partial charge in [0.2, 0.25) is 0 Å². The highest BCUT2D eigenvalue weighted by Crippen LogP contribution is 2.31. The van der Waals surface area contributed by atoms with Crippen molar-refractivity contribution in [1.82, 2.24) is 15.6 Å². The molecule has 0 radical (unpaired) electrons. The van der Waals surface area contributed by atoms with Gasteiger partial charge < -0.3 is 10.6 Å². The van der Waals surface area contributed by atoms with Crippen molar-refractivity contribution in [2.75, 3.05) is 13.6 Å². The normalized spacial score (nSPS) is 15.8. The highest BCUT2D eigenvalue weighted by Gasteiger charge is 2.20. The fourth-order valence-corrected chi connectivity index (χ4v) is 2.58. The van der Waals surface area contributed by atoms with Crippen LogP contribution < -0.4 is 10.6 Å². The van der Waals surface area contributed by atoms with Crippen molar-refractivity contribution in [3.8, 4) is 0 Å². The van der Waals surface area contributed by atoms with Crippen LogP contribution in [0, 0.1) is 5.92 Å². The van der Waals surface area contributed by atoms with Gasteiger partial charge in [-0.2, -0.15) is 0 Å². The van der Waals surface area contributed by atoms with Crippen LogP contribution in [0.5, 0.6) is 0 Å². The molecule has 0 bridgehead atoms. The summed E-state index contributed by atoms with van der Waals surface area (Å²) in [5.74, 6) is 1.84. The van der Waals surface area contributed by atoms with Crippen LogP contribution in [0.4, 0.5) is 0 Å². The van der Waals surface area contributed by atoms with Crippen LogP contribution in [0.15, 0.2) is 11.2 Å². The van der Waals surface area contributed by atoms with E-state index in [1.165, 1.54) is 24.1 Å². The smallest absolute Gasteiger partial charge is 0.191 e. The van der Waals surface area contributed by atoms with Crippen molar-refractivity contribution < 1.29 is 0 Å². The molecule has 0 spiro atoms. The minimum absolute atomic E-state index is 0.758. The number of aryl methyl sites for hydroxylation is 1. The van der Waals surface area contributed by atoms with Gasteiger partial charge in [-0.05, 0) is 18.8 Å². The summed E-state index contributed by atoms with van der Waals surface area (Å²) < 4.78 is 0. The molecule has 4 nitrogen and oxygen atoms in total. The zero-order chi connectivity index (χ0) is 12.8. The Labute approximate surface area is 113 Å². The van der Waals surface area contributed by atoms with E-state index in [9.17, 15) is 0 Å². The van der Waals surface area contributed by atoms with Crippen molar-refractivity contribution >= 4 is 17.3 Å². The predicted octanol–water partition coefficient (Wildman–Crippen LogP) is 2.17. The Kier molecular flexibility index (Phi) is 4.99. The molecule has 1 heterocycles. The predicted molar refractivity (Wildman–Crippen MR) is 77.0 cm³/mol. The van der Waals surface area contributed by atoms with Crippen molar-refractivity contribution in [3.63, 3.8) is 0 Å². The monoisotopic (exact) mass is 266 g/mol. The summed E-state index contributed by atoms with van der Waals surface area (Å²) in [4.78, 5) is 9.94. The molecule has 2 N–H and O–H groups in total. The summed E-state index contributed by atoms with van der Waals surface area (Å²) in [7, 11) is 1.81. The van der Waals surface area contributed by atoms with E-state index in [1.807, 2.05) is 13.2 Å². The molecule has 0 aliphatic heterocycles. The maximum Gasteiger partial charge on any atom is 0.191 e. The lowest BCUT2D eigenvalue weighted by molar-refractivity contribution is 0.684. The Morgan fingerprint density at radius 2 is 2.33 bits per heavy atom. The van der Waals surface area contributed by atoms with E-state index in [0.29, 0.717) is 0 Å². The molecule has 1 saturated carbocycles. The lowest BCUT2D eigenvalue weighted by Crippen LogP contribution is -2.37. The van der Waals surface area contributed by atoms with E-state index in [2.05, 4.69) is 27.5 Å². The van der Waals surface area contributed by atoms with Crippen LogP contribution in [-0.2, 0) is 13.0 Å². The summed E-state index contributed by atoms with van der Waals surface area (Å²) in [5.41, 5.74) is 0. The van der Waals surface area contributed by atoms with E-state index in [-0.39, 0.29) is 0 Å². The Morgan fingerprint density at radius 3 is 2.94 bits per heavy atom. The molecule has 100 valence electrons. The average molecular weight is 266 g/mol. The van der Waals surface area contributed by atoms with Gasteiger partial charge in [0.05, 0.1) is 6.54 Å². The van der Waals surface area contributed by atoms with Crippen molar-refractivity contribution in [2.24, 2.45) is 10.9 Å². The zero-order valence-corrected chi connectivity index (χ0v) is 12.0. The van der Waals surface area contributed by atoms with Crippen molar-refractivity contribution in [3.05, 3.63) is 16.1 Å². The lowest BCUT2D eigenvalue weighted by atomic mass is 10.3. The maximum atomic E-state index is 4.39. The number of aliphatic imine (C=N–C) groups is 1. The number of nitrogens with one attached hydrogen (secondary N) is 2. The molecule has 1 aliphatic carbocycles. The Balaban J connectivity index is 1.68. The molecule has 2 rings (SSSR count). The number of aromatic nitrogens is 1. The van der Waals surface area contributed by atoms with E-state index in [0.717, 1.165) is 36.4 Å².